The van der Waals surface area contributed by atoms with Crippen LogP contribution in [0.25, 0.3) is 11.0 Å². The Morgan fingerprint density at radius 3 is 2.58 bits per heavy atom. The SMILES string of the molecule is O=S1(=O)CCC(S(=O)(=O)NC2CCC(n3ccc4cccnc43)CC2)C1. The molecule has 2 fully saturated rings. The summed E-state index contributed by atoms with van der Waals surface area (Å²) >= 11 is 0. The van der Waals surface area contributed by atoms with Crippen LogP contribution in [-0.4, -0.2) is 49.2 Å². The van der Waals surface area contributed by atoms with E-state index in [4.69, 9.17) is 0 Å². The number of hydrogen-bond donors (Lipinski definition) is 1. The van der Waals surface area contributed by atoms with E-state index in [1.807, 2.05) is 12.1 Å². The zero-order valence-electron chi connectivity index (χ0n) is 14.4. The number of fused-ring (bicyclic) bond motifs is 1. The van der Waals surface area contributed by atoms with Gasteiger partial charge in [0.05, 0.1) is 16.8 Å². The lowest BCUT2D eigenvalue weighted by Crippen LogP contribution is -2.43. The zero-order valence-corrected chi connectivity index (χ0v) is 16.0. The van der Waals surface area contributed by atoms with Gasteiger partial charge in [-0.25, -0.2) is 26.5 Å². The van der Waals surface area contributed by atoms with Crippen LogP contribution in [-0.2, 0) is 19.9 Å². The first-order valence-electron chi connectivity index (χ1n) is 8.97. The quantitative estimate of drug-likeness (QED) is 0.845. The highest BCUT2D eigenvalue weighted by atomic mass is 32.2. The first-order chi connectivity index (χ1) is 12.3. The van der Waals surface area contributed by atoms with E-state index in [1.54, 1.807) is 6.20 Å². The van der Waals surface area contributed by atoms with Crippen molar-refractivity contribution in [3.8, 4) is 0 Å². The fourth-order valence-corrected chi connectivity index (χ4v) is 8.44. The Kier molecular flexibility index (Phi) is 4.56. The van der Waals surface area contributed by atoms with Crippen LogP contribution in [0.4, 0.5) is 0 Å². The molecular weight excluding hydrogens is 374 g/mol. The zero-order chi connectivity index (χ0) is 18.4. The lowest BCUT2D eigenvalue weighted by atomic mass is 9.91. The van der Waals surface area contributed by atoms with E-state index < -0.39 is 25.1 Å². The van der Waals surface area contributed by atoms with Crippen LogP contribution < -0.4 is 4.72 Å². The molecule has 0 spiro atoms. The Morgan fingerprint density at radius 2 is 1.88 bits per heavy atom. The van der Waals surface area contributed by atoms with Gasteiger partial charge in [-0.3, -0.25) is 0 Å². The molecule has 0 aromatic carbocycles. The van der Waals surface area contributed by atoms with Gasteiger partial charge in [-0.15, -0.1) is 0 Å². The van der Waals surface area contributed by atoms with Crippen LogP contribution in [0.5, 0.6) is 0 Å². The van der Waals surface area contributed by atoms with Gasteiger partial charge in [0.15, 0.2) is 9.84 Å². The van der Waals surface area contributed by atoms with E-state index in [0.717, 1.165) is 36.7 Å². The smallest absolute Gasteiger partial charge is 0.215 e. The van der Waals surface area contributed by atoms with Gasteiger partial charge in [0, 0.05) is 29.9 Å². The Hall–Kier alpha value is -1.45. The maximum atomic E-state index is 12.5. The highest BCUT2D eigenvalue weighted by Gasteiger charge is 2.38. The highest BCUT2D eigenvalue weighted by molar-refractivity contribution is 7.95. The maximum Gasteiger partial charge on any atom is 0.215 e. The molecule has 1 saturated heterocycles. The van der Waals surface area contributed by atoms with Gasteiger partial charge >= 0.3 is 0 Å². The largest absolute Gasteiger partial charge is 0.329 e. The molecule has 1 N–H and O–H groups in total. The molecular formula is C17H23N3O4S2. The van der Waals surface area contributed by atoms with Crippen LogP contribution in [0.2, 0.25) is 0 Å². The van der Waals surface area contributed by atoms with E-state index in [9.17, 15) is 16.8 Å². The predicted octanol–water partition coefficient (Wildman–Crippen LogP) is 1.63. The number of pyridine rings is 1. The summed E-state index contributed by atoms with van der Waals surface area (Å²) in [5, 5.41) is 0.306. The topological polar surface area (TPSA) is 98.1 Å². The van der Waals surface area contributed by atoms with Crippen molar-refractivity contribution in [2.45, 2.75) is 49.4 Å². The van der Waals surface area contributed by atoms with Gasteiger partial charge in [-0.2, -0.15) is 0 Å². The van der Waals surface area contributed by atoms with Crippen LogP contribution in [0.15, 0.2) is 30.6 Å². The minimum Gasteiger partial charge on any atom is -0.329 e. The summed E-state index contributed by atoms with van der Waals surface area (Å²) in [6.45, 7) is 0. The minimum atomic E-state index is -3.58. The maximum absolute atomic E-state index is 12.5. The fourth-order valence-electron chi connectivity index (χ4n) is 4.09. The van der Waals surface area contributed by atoms with Gasteiger partial charge in [0.1, 0.15) is 5.65 Å². The molecule has 0 radical (unpaired) electrons. The van der Waals surface area contributed by atoms with Gasteiger partial charge in [0.25, 0.3) is 0 Å². The molecule has 1 atom stereocenters. The van der Waals surface area contributed by atoms with E-state index in [0.29, 0.717) is 6.04 Å². The molecule has 1 unspecified atom stereocenters. The number of nitrogens with zero attached hydrogens (tertiary/aromatic N) is 2. The molecule has 0 amide bonds. The van der Waals surface area contributed by atoms with Crippen molar-refractivity contribution in [3.63, 3.8) is 0 Å². The van der Waals surface area contributed by atoms with Gasteiger partial charge in [-0.1, -0.05) is 0 Å². The molecule has 2 aromatic rings. The summed E-state index contributed by atoms with van der Waals surface area (Å²) in [6.07, 6.45) is 7.28. The number of rotatable bonds is 4. The molecule has 3 heterocycles. The second-order valence-corrected chi connectivity index (χ2v) is 11.6. The Balaban J connectivity index is 1.39. The Labute approximate surface area is 153 Å². The molecule has 2 aliphatic rings. The van der Waals surface area contributed by atoms with E-state index in [2.05, 4.69) is 26.5 Å². The van der Waals surface area contributed by atoms with Gasteiger partial charge in [-0.05, 0) is 50.3 Å². The summed E-state index contributed by atoms with van der Waals surface area (Å²) in [4.78, 5) is 4.46. The predicted molar refractivity (Wildman–Crippen MR) is 100 cm³/mol. The first kappa shape index (κ1) is 17.9. The van der Waals surface area contributed by atoms with E-state index in [1.165, 1.54) is 0 Å². The molecule has 142 valence electrons. The van der Waals surface area contributed by atoms with Crippen LogP contribution >= 0.6 is 0 Å². The Bertz CT molecular complexity index is 1010. The standard InChI is InChI=1S/C17H23N3O4S2/c21-25(22)11-8-16(12-25)26(23,24)19-14-3-5-15(6-4-14)20-10-7-13-2-1-9-18-17(13)20/h1-2,7,9-10,14-16,19H,3-6,8,11-12H2. The molecule has 26 heavy (non-hydrogen) atoms. The normalized spacial score (nSPS) is 29.2. The molecule has 9 heteroatoms. The average Bonchev–Trinajstić information content (AvgIpc) is 3.19. The second kappa shape index (κ2) is 6.61. The van der Waals surface area contributed by atoms with E-state index in [-0.39, 0.29) is 24.0 Å². The third-order valence-corrected chi connectivity index (χ3v) is 9.45. The molecule has 4 rings (SSSR count). The number of sulfone groups is 1. The van der Waals surface area contributed by atoms with Crippen molar-refractivity contribution in [1.29, 1.82) is 0 Å². The van der Waals surface area contributed by atoms with Crippen LogP contribution in [0, 0.1) is 0 Å². The van der Waals surface area contributed by atoms with Crippen molar-refractivity contribution < 1.29 is 16.8 Å². The summed E-state index contributed by atoms with van der Waals surface area (Å²) in [5.74, 6) is -0.280. The number of hydrogen-bond acceptors (Lipinski definition) is 5. The fraction of sp³-hybridized carbons (Fsp3) is 0.588. The van der Waals surface area contributed by atoms with Crippen LogP contribution in [0.1, 0.15) is 38.1 Å². The van der Waals surface area contributed by atoms with Crippen LogP contribution in [0.3, 0.4) is 0 Å². The van der Waals surface area contributed by atoms with Crippen molar-refractivity contribution in [2.24, 2.45) is 0 Å². The number of sulfonamides is 1. The third kappa shape index (κ3) is 3.52. The lowest BCUT2D eigenvalue weighted by molar-refractivity contribution is 0.315. The molecule has 0 bridgehead atoms. The molecule has 1 aliphatic heterocycles. The summed E-state index contributed by atoms with van der Waals surface area (Å²) < 4.78 is 53.0. The first-order valence-corrected chi connectivity index (χ1v) is 12.3. The average molecular weight is 398 g/mol. The van der Waals surface area contributed by atoms with Crippen molar-refractivity contribution in [1.82, 2.24) is 14.3 Å². The number of nitrogens with one attached hydrogen (secondary N) is 1. The van der Waals surface area contributed by atoms with Gasteiger partial charge in [0.2, 0.25) is 10.0 Å². The van der Waals surface area contributed by atoms with Crippen molar-refractivity contribution in [3.05, 3.63) is 30.6 Å². The minimum absolute atomic E-state index is 0.0287. The molecule has 1 saturated carbocycles. The van der Waals surface area contributed by atoms with Crippen molar-refractivity contribution >= 4 is 30.9 Å². The highest BCUT2D eigenvalue weighted by Crippen LogP contribution is 2.32. The monoisotopic (exact) mass is 397 g/mol. The summed E-state index contributed by atoms with van der Waals surface area (Å²) in [7, 11) is -6.79. The number of aromatic nitrogens is 2. The third-order valence-electron chi connectivity index (χ3n) is 5.53. The summed E-state index contributed by atoms with van der Waals surface area (Å²) in [6, 6.07) is 6.21. The van der Waals surface area contributed by atoms with E-state index >= 15 is 0 Å². The Morgan fingerprint density at radius 1 is 1.12 bits per heavy atom. The lowest BCUT2D eigenvalue weighted by Gasteiger charge is -2.30. The second-order valence-electron chi connectivity index (χ2n) is 7.33. The molecule has 7 nitrogen and oxygen atoms in total. The van der Waals surface area contributed by atoms with Crippen molar-refractivity contribution in [2.75, 3.05) is 11.5 Å². The molecule has 1 aliphatic carbocycles. The molecule has 2 aromatic heterocycles. The van der Waals surface area contributed by atoms with Gasteiger partial charge < -0.3 is 4.57 Å². The summed E-state index contributed by atoms with van der Waals surface area (Å²) in [5.41, 5.74) is 0.965.